The van der Waals surface area contributed by atoms with E-state index < -0.39 is 0 Å². The summed E-state index contributed by atoms with van der Waals surface area (Å²) in [6.07, 6.45) is 0. The summed E-state index contributed by atoms with van der Waals surface area (Å²) in [5, 5.41) is 21.9. The van der Waals surface area contributed by atoms with E-state index in [0.717, 1.165) is 11.1 Å². The van der Waals surface area contributed by atoms with Gasteiger partial charge in [-0.3, -0.25) is 5.43 Å². The summed E-state index contributed by atoms with van der Waals surface area (Å²) in [4.78, 5) is 4.43. The number of rotatable bonds is 3. The predicted octanol–water partition coefficient (Wildman–Crippen LogP) is 2.37. The Balaban J connectivity index is 2.54. The Labute approximate surface area is 115 Å². The van der Waals surface area contributed by atoms with Gasteiger partial charge in [0.15, 0.2) is 0 Å². The molecule has 0 amide bonds. The van der Waals surface area contributed by atoms with Crippen LogP contribution in [-0.4, -0.2) is 17.8 Å². The number of anilines is 1. The molecule has 0 unspecified atom stereocenters. The van der Waals surface area contributed by atoms with Crippen LogP contribution < -0.4 is 10.2 Å². The summed E-state index contributed by atoms with van der Waals surface area (Å²) in [5.74, 6) is 0.652. The van der Waals surface area contributed by atoms with E-state index in [0.29, 0.717) is 17.0 Å². The smallest absolute Gasteiger partial charge is 0.237 e. The molecule has 0 radical (unpaired) electrons. The minimum atomic E-state index is -0.242. The van der Waals surface area contributed by atoms with Crippen LogP contribution in [0.3, 0.4) is 0 Å². The molecule has 0 aliphatic carbocycles. The summed E-state index contributed by atoms with van der Waals surface area (Å²) in [5.41, 5.74) is 4.68. The average molecular weight is 265 g/mol. The van der Waals surface area contributed by atoms with Crippen LogP contribution in [0.2, 0.25) is 0 Å². The number of nitrogens with one attached hydrogen (secondary N) is 1. The fourth-order valence-electron chi connectivity index (χ4n) is 1.74. The SMILES string of the molecule is COc1ccc(NN=C(C#N)C#N)c2ccc(C)nc12. The van der Waals surface area contributed by atoms with Gasteiger partial charge in [0, 0.05) is 11.1 Å². The van der Waals surface area contributed by atoms with Crippen molar-refractivity contribution >= 4 is 22.3 Å². The highest BCUT2D eigenvalue weighted by Gasteiger charge is 2.08. The normalized spacial score (nSPS) is 9.40. The van der Waals surface area contributed by atoms with Crippen molar-refractivity contribution in [3.05, 3.63) is 30.0 Å². The molecule has 0 fully saturated rings. The lowest BCUT2D eigenvalue weighted by Gasteiger charge is -2.09. The molecule has 0 atom stereocenters. The number of hydrogen-bond acceptors (Lipinski definition) is 6. The third-order valence-electron chi connectivity index (χ3n) is 2.68. The zero-order valence-electron chi connectivity index (χ0n) is 11.0. The first kappa shape index (κ1) is 13.3. The Kier molecular flexibility index (Phi) is 3.78. The molecule has 1 N–H and O–H groups in total. The standard InChI is InChI=1S/C14H11N5O/c1-9-3-4-11-12(19-18-10(7-15)8-16)5-6-13(20-2)14(11)17-9/h3-6,19H,1-2H3. The minimum absolute atomic E-state index is 0.242. The molecular weight excluding hydrogens is 254 g/mol. The molecular formula is C14H11N5O. The molecule has 1 heterocycles. The van der Waals surface area contributed by atoms with Crippen molar-refractivity contribution in [3.63, 3.8) is 0 Å². The van der Waals surface area contributed by atoms with Crippen LogP contribution in [0.5, 0.6) is 5.75 Å². The first-order valence-electron chi connectivity index (χ1n) is 5.78. The quantitative estimate of drug-likeness (QED) is 0.679. The number of methoxy groups -OCH3 is 1. The highest BCUT2D eigenvalue weighted by molar-refractivity contribution is 6.10. The van der Waals surface area contributed by atoms with Gasteiger partial charge < -0.3 is 4.74 Å². The molecule has 0 bridgehead atoms. The lowest BCUT2D eigenvalue weighted by molar-refractivity contribution is 0.419. The topological polar surface area (TPSA) is 94.1 Å². The largest absolute Gasteiger partial charge is 0.494 e. The maximum Gasteiger partial charge on any atom is 0.237 e. The second-order valence-corrected chi connectivity index (χ2v) is 3.96. The number of fused-ring (bicyclic) bond motifs is 1. The Hall–Kier alpha value is -3.12. The number of hydrazone groups is 1. The van der Waals surface area contributed by atoms with Gasteiger partial charge in [-0.15, -0.1) is 0 Å². The number of ether oxygens (including phenoxy) is 1. The van der Waals surface area contributed by atoms with Crippen molar-refractivity contribution in [1.82, 2.24) is 4.98 Å². The number of aryl methyl sites for hydroxylation is 1. The average Bonchev–Trinajstić information content (AvgIpc) is 2.47. The first-order chi connectivity index (χ1) is 9.69. The van der Waals surface area contributed by atoms with Crippen molar-refractivity contribution in [3.8, 4) is 17.9 Å². The molecule has 0 saturated carbocycles. The van der Waals surface area contributed by atoms with E-state index in [1.165, 1.54) is 0 Å². The monoisotopic (exact) mass is 265 g/mol. The van der Waals surface area contributed by atoms with Gasteiger partial charge in [-0.2, -0.15) is 15.6 Å². The van der Waals surface area contributed by atoms with E-state index in [1.54, 1.807) is 31.4 Å². The van der Waals surface area contributed by atoms with Crippen LogP contribution in [0.1, 0.15) is 5.69 Å². The lowest BCUT2D eigenvalue weighted by atomic mass is 10.1. The Bertz CT molecular complexity index is 751. The first-order valence-corrected chi connectivity index (χ1v) is 5.78. The van der Waals surface area contributed by atoms with Crippen molar-refractivity contribution in [2.45, 2.75) is 6.92 Å². The molecule has 20 heavy (non-hydrogen) atoms. The molecule has 2 rings (SSSR count). The fourth-order valence-corrected chi connectivity index (χ4v) is 1.74. The lowest BCUT2D eigenvalue weighted by Crippen LogP contribution is -1.98. The van der Waals surface area contributed by atoms with Gasteiger partial charge in [0.05, 0.1) is 12.8 Å². The predicted molar refractivity (Wildman–Crippen MR) is 75.3 cm³/mol. The minimum Gasteiger partial charge on any atom is -0.494 e. The summed E-state index contributed by atoms with van der Waals surface area (Å²) in [6.45, 7) is 1.89. The van der Waals surface area contributed by atoms with Gasteiger partial charge in [0.1, 0.15) is 23.4 Å². The van der Waals surface area contributed by atoms with E-state index in [9.17, 15) is 0 Å². The van der Waals surface area contributed by atoms with Crippen molar-refractivity contribution in [2.75, 3.05) is 12.5 Å². The Morgan fingerprint density at radius 1 is 1.25 bits per heavy atom. The molecule has 1 aromatic carbocycles. The summed E-state index contributed by atoms with van der Waals surface area (Å²) in [6, 6.07) is 10.6. The molecule has 0 spiro atoms. The van der Waals surface area contributed by atoms with E-state index in [-0.39, 0.29) is 5.71 Å². The zero-order valence-corrected chi connectivity index (χ0v) is 11.0. The second kappa shape index (κ2) is 5.68. The zero-order chi connectivity index (χ0) is 14.5. The fraction of sp³-hybridized carbons (Fsp3) is 0.143. The Morgan fingerprint density at radius 2 is 2.00 bits per heavy atom. The molecule has 2 aromatic rings. The van der Waals surface area contributed by atoms with E-state index in [2.05, 4.69) is 15.5 Å². The maximum absolute atomic E-state index is 8.66. The van der Waals surface area contributed by atoms with Gasteiger partial charge in [-0.25, -0.2) is 4.98 Å². The van der Waals surface area contributed by atoms with Gasteiger partial charge in [-0.05, 0) is 31.2 Å². The van der Waals surface area contributed by atoms with Gasteiger partial charge in [0.25, 0.3) is 0 Å². The molecule has 0 aliphatic rings. The van der Waals surface area contributed by atoms with Crippen LogP contribution in [0.15, 0.2) is 29.4 Å². The van der Waals surface area contributed by atoms with E-state index >= 15 is 0 Å². The number of benzene rings is 1. The number of aromatic nitrogens is 1. The molecule has 6 heteroatoms. The van der Waals surface area contributed by atoms with Crippen molar-refractivity contribution in [1.29, 1.82) is 10.5 Å². The van der Waals surface area contributed by atoms with Gasteiger partial charge >= 0.3 is 0 Å². The third kappa shape index (κ3) is 2.50. The van der Waals surface area contributed by atoms with Crippen LogP contribution in [0, 0.1) is 29.6 Å². The highest BCUT2D eigenvalue weighted by atomic mass is 16.5. The van der Waals surface area contributed by atoms with E-state index in [1.807, 2.05) is 19.1 Å². The van der Waals surface area contributed by atoms with Crippen LogP contribution >= 0.6 is 0 Å². The molecule has 1 aromatic heterocycles. The Morgan fingerprint density at radius 3 is 2.65 bits per heavy atom. The summed E-state index contributed by atoms with van der Waals surface area (Å²) in [7, 11) is 1.58. The molecule has 6 nitrogen and oxygen atoms in total. The molecule has 0 saturated heterocycles. The highest BCUT2D eigenvalue weighted by Crippen LogP contribution is 2.30. The van der Waals surface area contributed by atoms with Crippen LogP contribution in [0.4, 0.5) is 5.69 Å². The van der Waals surface area contributed by atoms with Crippen LogP contribution in [0.25, 0.3) is 10.9 Å². The van der Waals surface area contributed by atoms with E-state index in [4.69, 9.17) is 15.3 Å². The van der Waals surface area contributed by atoms with Gasteiger partial charge in [-0.1, -0.05) is 0 Å². The van der Waals surface area contributed by atoms with Crippen molar-refractivity contribution < 1.29 is 4.74 Å². The van der Waals surface area contributed by atoms with Crippen LogP contribution in [-0.2, 0) is 0 Å². The van der Waals surface area contributed by atoms with Crippen molar-refractivity contribution in [2.24, 2.45) is 5.10 Å². The number of hydrogen-bond donors (Lipinski definition) is 1. The second-order valence-electron chi connectivity index (χ2n) is 3.96. The maximum atomic E-state index is 8.66. The molecule has 0 aliphatic heterocycles. The number of nitrogens with zero attached hydrogens (tertiary/aromatic N) is 4. The molecule has 98 valence electrons. The number of pyridine rings is 1. The third-order valence-corrected chi connectivity index (χ3v) is 2.68. The van der Waals surface area contributed by atoms with Gasteiger partial charge in [0.2, 0.25) is 5.71 Å². The summed E-state index contributed by atoms with van der Waals surface area (Å²) < 4.78 is 5.27. The number of nitriles is 2. The summed E-state index contributed by atoms with van der Waals surface area (Å²) >= 11 is 0.